The monoisotopic (exact) mass is 448 g/mol. The molecule has 0 atom stereocenters. The van der Waals surface area contributed by atoms with Gasteiger partial charge >= 0.3 is 0 Å². The predicted molar refractivity (Wildman–Crippen MR) is 132 cm³/mol. The molecule has 7 heteroatoms. The second kappa shape index (κ2) is 11.4. The normalized spacial score (nSPS) is 11.0. The van der Waals surface area contributed by atoms with Crippen LogP contribution in [-0.2, 0) is 22.7 Å². The maximum atomic E-state index is 7.65. The molecule has 1 heterocycles. The van der Waals surface area contributed by atoms with E-state index in [1.165, 1.54) is 0 Å². The van der Waals surface area contributed by atoms with Crippen LogP contribution in [0.4, 0.5) is 0 Å². The molecule has 0 amide bonds. The first-order valence-corrected chi connectivity index (χ1v) is 11.2. The first kappa shape index (κ1) is 24.2. The standard InChI is InChI=1S/C26H32N4O3/c1-3-13-31-15-21-22(16-32-14-4-2)24(18-7-11-20(12-8-18)26(29)30)33-23(21)17-5-9-19(10-6-17)25(27)28/h5-12H,3-4,13-16H2,1-2H3,(H3,27,28)(H3,29,30). The van der Waals surface area contributed by atoms with Crippen LogP contribution < -0.4 is 11.5 Å². The third-order valence-electron chi connectivity index (χ3n) is 5.22. The minimum Gasteiger partial charge on any atom is -0.455 e. The van der Waals surface area contributed by atoms with Gasteiger partial charge in [-0.2, -0.15) is 0 Å². The molecule has 0 saturated carbocycles. The van der Waals surface area contributed by atoms with Crippen molar-refractivity contribution < 1.29 is 13.9 Å². The molecule has 3 aromatic rings. The van der Waals surface area contributed by atoms with E-state index < -0.39 is 0 Å². The number of benzene rings is 2. The third kappa shape index (κ3) is 5.88. The fraction of sp³-hybridized carbons (Fsp3) is 0.308. The number of hydrogen-bond acceptors (Lipinski definition) is 5. The summed E-state index contributed by atoms with van der Waals surface area (Å²) in [4.78, 5) is 0. The van der Waals surface area contributed by atoms with Gasteiger partial charge in [-0.1, -0.05) is 62.4 Å². The van der Waals surface area contributed by atoms with Gasteiger partial charge in [0.2, 0.25) is 0 Å². The van der Waals surface area contributed by atoms with E-state index >= 15 is 0 Å². The van der Waals surface area contributed by atoms with E-state index in [9.17, 15) is 0 Å². The number of furan rings is 1. The molecule has 2 aromatic carbocycles. The topological polar surface area (TPSA) is 131 Å². The number of amidine groups is 2. The van der Waals surface area contributed by atoms with E-state index in [4.69, 9.17) is 36.2 Å². The summed E-state index contributed by atoms with van der Waals surface area (Å²) in [6.07, 6.45) is 1.84. The smallest absolute Gasteiger partial charge is 0.140 e. The second-order valence-corrected chi connectivity index (χ2v) is 7.80. The predicted octanol–water partition coefficient (Wildman–Crippen LogP) is 5.03. The lowest BCUT2D eigenvalue weighted by molar-refractivity contribution is 0.109. The van der Waals surface area contributed by atoms with E-state index in [0.717, 1.165) is 35.1 Å². The van der Waals surface area contributed by atoms with Crippen LogP contribution in [0.2, 0.25) is 0 Å². The highest BCUT2D eigenvalue weighted by Gasteiger charge is 2.23. The molecule has 33 heavy (non-hydrogen) atoms. The Morgan fingerprint density at radius 2 is 1.06 bits per heavy atom. The van der Waals surface area contributed by atoms with Gasteiger partial charge in [0.25, 0.3) is 0 Å². The molecule has 0 unspecified atom stereocenters. The van der Waals surface area contributed by atoms with E-state index in [1.807, 2.05) is 48.5 Å². The van der Waals surface area contributed by atoms with Crippen molar-refractivity contribution in [2.45, 2.75) is 39.9 Å². The van der Waals surface area contributed by atoms with Gasteiger partial charge in [0.15, 0.2) is 0 Å². The van der Waals surface area contributed by atoms with E-state index in [0.29, 0.717) is 49.1 Å². The average Bonchev–Trinajstić information content (AvgIpc) is 3.18. The maximum absolute atomic E-state index is 7.65. The summed E-state index contributed by atoms with van der Waals surface area (Å²) < 4.78 is 18.3. The van der Waals surface area contributed by atoms with Crippen molar-refractivity contribution in [3.8, 4) is 22.6 Å². The Bertz CT molecular complexity index is 1000. The van der Waals surface area contributed by atoms with Gasteiger partial charge in [-0.05, 0) is 12.8 Å². The summed E-state index contributed by atoms with van der Waals surface area (Å²) in [5.74, 6) is 1.46. The summed E-state index contributed by atoms with van der Waals surface area (Å²) in [7, 11) is 0. The molecule has 0 radical (unpaired) electrons. The number of ether oxygens (including phenoxy) is 2. The van der Waals surface area contributed by atoms with Crippen LogP contribution in [0, 0.1) is 10.8 Å². The molecule has 3 rings (SSSR count). The molecule has 6 N–H and O–H groups in total. The SMILES string of the molecule is CCCOCc1c(-c2ccc(C(=N)N)cc2)oc(-c2ccc(C(=N)N)cc2)c1COCCC. The zero-order chi connectivity index (χ0) is 23.8. The van der Waals surface area contributed by atoms with E-state index in [2.05, 4.69) is 13.8 Å². The van der Waals surface area contributed by atoms with Gasteiger partial charge in [-0.3, -0.25) is 10.8 Å². The Balaban J connectivity index is 2.12. The number of hydrogen-bond donors (Lipinski definition) is 4. The summed E-state index contributed by atoms with van der Waals surface area (Å²) in [6, 6.07) is 14.8. The summed E-state index contributed by atoms with van der Waals surface area (Å²) in [6.45, 7) is 6.24. The van der Waals surface area contributed by atoms with Crippen LogP contribution in [0.25, 0.3) is 22.6 Å². The van der Waals surface area contributed by atoms with E-state index in [-0.39, 0.29) is 11.7 Å². The molecule has 174 valence electrons. The van der Waals surface area contributed by atoms with Crippen LogP contribution >= 0.6 is 0 Å². The Hall–Kier alpha value is -3.42. The summed E-state index contributed by atoms with van der Waals surface area (Å²) >= 11 is 0. The molecular weight excluding hydrogens is 416 g/mol. The second-order valence-electron chi connectivity index (χ2n) is 7.80. The summed E-state index contributed by atoms with van der Waals surface area (Å²) in [5.41, 5.74) is 16.2. The Kier molecular flexibility index (Phi) is 8.40. The molecule has 0 fully saturated rings. The Morgan fingerprint density at radius 1 is 0.697 bits per heavy atom. The summed E-state index contributed by atoms with van der Waals surface area (Å²) in [5, 5.41) is 15.3. The van der Waals surface area contributed by atoms with Crippen molar-refractivity contribution in [1.82, 2.24) is 0 Å². The van der Waals surface area contributed by atoms with Crippen molar-refractivity contribution in [2.24, 2.45) is 11.5 Å². The van der Waals surface area contributed by atoms with Crippen LogP contribution in [0.1, 0.15) is 48.9 Å². The fourth-order valence-electron chi connectivity index (χ4n) is 3.51. The molecule has 0 aliphatic rings. The number of nitrogens with one attached hydrogen (secondary N) is 2. The van der Waals surface area contributed by atoms with Crippen molar-refractivity contribution in [3.05, 3.63) is 70.8 Å². The van der Waals surface area contributed by atoms with Crippen LogP contribution in [0.5, 0.6) is 0 Å². The Labute approximate surface area is 194 Å². The zero-order valence-corrected chi connectivity index (χ0v) is 19.2. The van der Waals surface area contributed by atoms with Crippen molar-refractivity contribution in [3.63, 3.8) is 0 Å². The number of nitrogens with two attached hydrogens (primary N) is 2. The van der Waals surface area contributed by atoms with Crippen LogP contribution in [0.15, 0.2) is 52.9 Å². The molecule has 0 saturated heterocycles. The van der Waals surface area contributed by atoms with Gasteiger partial charge in [0.05, 0.1) is 13.2 Å². The fourth-order valence-corrected chi connectivity index (χ4v) is 3.51. The first-order valence-electron chi connectivity index (χ1n) is 11.2. The lowest BCUT2D eigenvalue weighted by atomic mass is 10.0. The highest BCUT2D eigenvalue weighted by atomic mass is 16.5. The third-order valence-corrected chi connectivity index (χ3v) is 5.22. The van der Waals surface area contributed by atoms with Crippen molar-refractivity contribution in [2.75, 3.05) is 13.2 Å². The highest BCUT2D eigenvalue weighted by Crippen LogP contribution is 2.38. The number of rotatable bonds is 12. The molecule has 0 aliphatic carbocycles. The van der Waals surface area contributed by atoms with Crippen molar-refractivity contribution >= 4 is 11.7 Å². The van der Waals surface area contributed by atoms with Gasteiger partial charge in [0.1, 0.15) is 23.2 Å². The van der Waals surface area contributed by atoms with Gasteiger partial charge in [0, 0.05) is 46.6 Å². The molecule has 1 aromatic heterocycles. The van der Waals surface area contributed by atoms with Gasteiger partial charge < -0.3 is 25.4 Å². The molecule has 0 bridgehead atoms. The lowest BCUT2D eigenvalue weighted by Crippen LogP contribution is -2.10. The lowest BCUT2D eigenvalue weighted by Gasteiger charge is -2.09. The largest absolute Gasteiger partial charge is 0.455 e. The zero-order valence-electron chi connectivity index (χ0n) is 19.2. The number of nitrogen functional groups attached to an aromatic ring is 2. The molecular formula is C26H32N4O3. The van der Waals surface area contributed by atoms with Gasteiger partial charge in [-0.25, -0.2) is 0 Å². The van der Waals surface area contributed by atoms with Gasteiger partial charge in [-0.15, -0.1) is 0 Å². The minimum atomic E-state index is 0.0207. The molecule has 0 spiro atoms. The molecule has 7 nitrogen and oxygen atoms in total. The average molecular weight is 449 g/mol. The van der Waals surface area contributed by atoms with Crippen LogP contribution in [0.3, 0.4) is 0 Å². The van der Waals surface area contributed by atoms with Crippen molar-refractivity contribution in [1.29, 1.82) is 10.8 Å². The highest BCUT2D eigenvalue weighted by molar-refractivity contribution is 5.96. The van der Waals surface area contributed by atoms with Crippen LogP contribution in [-0.4, -0.2) is 24.9 Å². The Morgan fingerprint density at radius 3 is 1.36 bits per heavy atom. The maximum Gasteiger partial charge on any atom is 0.140 e. The minimum absolute atomic E-state index is 0.0207. The van der Waals surface area contributed by atoms with E-state index in [1.54, 1.807) is 0 Å². The molecule has 0 aliphatic heterocycles. The first-order chi connectivity index (χ1) is 16.0. The quantitative estimate of drug-likeness (QED) is 0.175.